The van der Waals surface area contributed by atoms with Crippen molar-refractivity contribution in [2.45, 2.75) is 26.3 Å². The van der Waals surface area contributed by atoms with Crippen LogP contribution < -0.4 is 0 Å². The molecule has 1 amide bonds. The molecule has 0 atom stereocenters. The second kappa shape index (κ2) is 7.09. The zero-order valence-corrected chi connectivity index (χ0v) is 12.6. The van der Waals surface area contributed by atoms with Gasteiger partial charge in [0.2, 0.25) is 0 Å². The summed E-state index contributed by atoms with van der Waals surface area (Å²) in [5, 5.41) is 8.95. The normalized spacial score (nSPS) is 10.9. The molecule has 0 aliphatic heterocycles. The van der Waals surface area contributed by atoms with Crippen molar-refractivity contribution in [3.63, 3.8) is 0 Å². The molecule has 21 heavy (non-hydrogen) atoms. The summed E-state index contributed by atoms with van der Waals surface area (Å²) in [6, 6.07) is 11.6. The zero-order chi connectivity index (χ0) is 15.2. The molecule has 0 saturated carbocycles. The van der Waals surface area contributed by atoms with E-state index in [2.05, 4.69) is 0 Å². The lowest BCUT2D eigenvalue weighted by atomic mass is 10.1. The van der Waals surface area contributed by atoms with Crippen LogP contribution in [0.25, 0.3) is 5.69 Å². The molecule has 0 unspecified atom stereocenters. The van der Waals surface area contributed by atoms with Crippen molar-refractivity contribution in [2.75, 3.05) is 13.2 Å². The van der Waals surface area contributed by atoms with Gasteiger partial charge in [0.25, 0.3) is 5.91 Å². The quantitative estimate of drug-likeness (QED) is 0.887. The van der Waals surface area contributed by atoms with Gasteiger partial charge in [-0.2, -0.15) is 0 Å². The number of aliphatic hydroxyl groups excluding tert-OH is 1. The predicted molar refractivity (Wildman–Crippen MR) is 83.6 cm³/mol. The van der Waals surface area contributed by atoms with Crippen LogP contribution in [0, 0.1) is 0 Å². The Kier molecular flexibility index (Phi) is 5.17. The van der Waals surface area contributed by atoms with Gasteiger partial charge < -0.3 is 14.6 Å². The summed E-state index contributed by atoms with van der Waals surface area (Å²) in [5.74, 6) is 0.0116. The highest BCUT2D eigenvalue weighted by molar-refractivity contribution is 5.94. The van der Waals surface area contributed by atoms with Crippen LogP contribution in [0.1, 0.15) is 30.6 Å². The maximum Gasteiger partial charge on any atom is 0.254 e. The first-order chi connectivity index (χ1) is 10.1. The fourth-order valence-electron chi connectivity index (χ4n) is 2.28. The highest BCUT2D eigenvalue weighted by atomic mass is 16.3. The minimum absolute atomic E-state index is 0.0116. The lowest BCUT2D eigenvalue weighted by Gasteiger charge is -2.26. The molecule has 2 rings (SSSR count). The number of nitrogens with zero attached hydrogens (tertiary/aromatic N) is 2. The van der Waals surface area contributed by atoms with Crippen LogP contribution in [0.4, 0.5) is 0 Å². The molecule has 4 nitrogen and oxygen atoms in total. The molecule has 1 N–H and O–H groups in total. The molecule has 2 aromatic rings. The number of hydrogen-bond acceptors (Lipinski definition) is 2. The minimum Gasteiger partial charge on any atom is -0.396 e. The summed E-state index contributed by atoms with van der Waals surface area (Å²) < 4.78 is 2.00. The first-order valence-corrected chi connectivity index (χ1v) is 7.28. The van der Waals surface area contributed by atoms with Crippen molar-refractivity contribution in [1.29, 1.82) is 0 Å². The highest BCUT2D eigenvalue weighted by Crippen LogP contribution is 2.13. The molecule has 0 fully saturated rings. The molecule has 4 heteroatoms. The van der Waals surface area contributed by atoms with Crippen molar-refractivity contribution in [1.82, 2.24) is 9.47 Å². The van der Waals surface area contributed by atoms with Gasteiger partial charge in [-0.3, -0.25) is 4.79 Å². The van der Waals surface area contributed by atoms with E-state index in [1.54, 1.807) is 4.90 Å². The van der Waals surface area contributed by atoms with E-state index in [1.807, 2.05) is 67.2 Å². The van der Waals surface area contributed by atoms with Crippen LogP contribution in [0.3, 0.4) is 0 Å². The number of carbonyl (C=O) groups excluding carboxylic acids is 1. The Hall–Kier alpha value is -2.07. The number of carbonyl (C=O) groups is 1. The Morgan fingerprint density at radius 3 is 2.33 bits per heavy atom. The van der Waals surface area contributed by atoms with Gasteiger partial charge in [-0.1, -0.05) is 0 Å². The molecule has 0 aliphatic rings. The van der Waals surface area contributed by atoms with Gasteiger partial charge in [0, 0.05) is 42.8 Å². The lowest BCUT2D eigenvalue weighted by molar-refractivity contribution is 0.0693. The zero-order valence-electron chi connectivity index (χ0n) is 12.6. The maximum atomic E-state index is 12.5. The Morgan fingerprint density at radius 1 is 1.19 bits per heavy atom. The first-order valence-electron chi connectivity index (χ1n) is 7.28. The summed E-state index contributed by atoms with van der Waals surface area (Å²) in [7, 11) is 0. The summed E-state index contributed by atoms with van der Waals surface area (Å²) >= 11 is 0. The molecule has 0 saturated heterocycles. The summed E-state index contributed by atoms with van der Waals surface area (Å²) in [5.41, 5.74) is 1.71. The number of hydrogen-bond donors (Lipinski definition) is 1. The van der Waals surface area contributed by atoms with Crippen LogP contribution in [-0.2, 0) is 0 Å². The summed E-state index contributed by atoms with van der Waals surface area (Å²) in [6.45, 7) is 4.66. The Labute approximate surface area is 125 Å². The lowest BCUT2D eigenvalue weighted by Crippen LogP contribution is -2.38. The van der Waals surface area contributed by atoms with Crippen LogP contribution in [0.5, 0.6) is 0 Å². The fraction of sp³-hybridized carbons (Fsp3) is 0.353. The van der Waals surface area contributed by atoms with E-state index in [4.69, 9.17) is 5.11 Å². The highest BCUT2D eigenvalue weighted by Gasteiger charge is 2.18. The van der Waals surface area contributed by atoms with E-state index < -0.39 is 0 Å². The van der Waals surface area contributed by atoms with Gasteiger partial charge >= 0.3 is 0 Å². The van der Waals surface area contributed by atoms with Crippen LogP contribution in [0.15, 0.2) is 48.8 Å². The Morgan fingerprint density at radius 2 is 1.81 bits per heavy atom. The molecular weight excluding hydrogens is 264 g/mol. The van der Waals surface area contributed by atoms with Gasteiger partial charge in [0.1, 0.15) is 0 Å². The number of benzene rings is 1. The predicted octanol–water partition coefficient (Wildman–Crippen LogP) is 2.71. The fourth-order valence-corrected chi connectivity index (χ4v) is 2.28. The summed E-state index contributed by atoms with van der Waals surface area (Å²) in [4.78, 5) is 14.3. The largest absolute Gasteiger partial charge is 0.396 e. The third-order valence-corrected chi connectivity index (χ3v) is 3.46. The molecule has 1 heterocycles. The van der Waals surface area contributed by atoms with E-state index in [-0.39, 0.29) is 18.6 Å². The van der Waals surface area contributed by atoms with Crippen molar-refractivity contribution in [3.05, 3.63) is 54.4 Å². The number of amides is 1. The molecule has 1 aromatic carbocycles. The summed E-state index contributed by atoms with van der Waals surface area (Å²) in [6.07, 6.45) is 4.54. The maximum absolute atomic E-state index is 12.5. The Bertz CT molecular complexity index is 559. The monoisotopic (exact) mass is 286 g/mol. The van der Waals surface area contributed by atoms with E-state index in [0.29, 0.717) is 18.5 Å². The topological polar surface area (TPSA) is 45.5 Å². The van der Waals surface area contributed by atoms with E-state index in [0.717, 1.165) is 5.69 Å². The smallest absolute Gasteiger partial charge is 0.254 e. The van der Waals surface area contributed by atoms with Crippen LogP contribution in [-0.4, -0.2) is 39.7 Å². The average Bonchev–Trinajstić information content (AvgIpc) is 3.01. The van der Waals surface area contributed by atoms with Gasteiger partial charge in [-0.05, 0) is 56.7 Å². The minimum atomic E-state index is 0.0116. The second-order valence-electron chi connectivity index (χ2n) is 5.31. The van der Waals surface area contributed by atoms with E-state index in [9.17, 15) is 4.79 Å². The number of aliphatic hydroxyl groups is 1. The third kappa shape index (κ3) is 3.73. The van der Waals surface area contributed by atoms with Crippen molar-refractivity contribution < 1.29 is 9.90 Å². The molecular formula is C17H22N2O2. The molecule has 0 spiro atoms. The van der Waals surface area contributed by atoms with E-state index in [1.165, 1.54) is 0 Å². The second-order valence-corrected chi connectivity index (χ2v) is 5.31. The molecule has 0 aliphatic carbocycles. The van der Waals surface area contributed by atoms with Crippen LogP contribution >= 0.6 is 0 Å². The van der Waals surface area contributed by atoms with E-state index >= 15 is 0 Å². The van der Waals surface area contributed by atoms with Crippen molar-refractivity contribution in [3.8, 4) is 5.69 Å². The average molecular weight is 286 g/mol. The van der Waals surface area contributed by atoms with Crippen LogP contribution in [0.2, 0.25) is 0 Å². The SMILES string of the molecule is CC(C)N(CCCO)C(=O)c1ccc(-n2cccc2)cc1. The number of rotatable bonds is 6. The Balaban J connectivity index is 2.14. The number of aromatic nitrogens is 1. The molecule has 1 aromatic heterocycles. The van der Waals surface area contributed by atoms with Gasteiger partial charge in [-0.15, -0.1) is 0 Å². The van der Waals surface area contributed by atoms with Gasteiger partial charge in [0.05, 0.1) is 0 Å². The van der Waals surface area contributed by atoms with Crippen molar-refractivity contribution in [2.24, 2.45) is 0 Å². The van der Waals surface area contributed by atoms with Crippen molar-refractivity contribution >= 4 is 5.91 Å². The van der Waals surface area contributed by atoms with Gasteiger partial charge in [0.15, 0.2) is 0 Å². The molecule has 112 valence electrons. The molecule has 0 bridgehead atoms. The first kappa shape index (κ1) is 15.3. The standard InChI is InChI=1S/C17H22N2O2/c1-14(2)19(12-5-13-20)17(21)15-6-8-16(9-7-15)18-10-3-4-11-18/h3-4,6-11,14,20H,5,12-13H2,1-2H3. The van der Waals surface area contributed by atoms with Gasteiger partial charge in [-0.25, -0.2) is 0 Å². The molecule has 0 radical (unpaired) electrons. The third-order valence-electron chi connectivity index (χ3n) is 3.46.